The summed E-state index contributed by atoms with van der Waals surface area (Å²) in [6.45, 7) is 3.29. The number of ether oxygens (including phenoxy) is 2. The average Bonchev–Trinajstić information content (AvgIpc) is 2.39. The van der Waals surface area contributed by atoms with Crippen LogP contribution in [0.4, 0.5) is 14.5 Å². The molecule has 0 radical (unpaired) electrons. The van der Waals surface area contributed by atoms with Gasteiger partial charge in [0.2, 0.25) is 0 Å². The molecule has 0 spiro atoms. The van der Waals surface area contributed by atoms with Crippen LogP contribution in [0.1, 0.15) is 0 Å². The molecule has 1 heterocycles. The Morgan fingerprint density at radius 3 is 2.37 bits per heavy atom. The molecule has 0 saturated carbocycles. The van der Waals surface area contributed by atoms with E-state index in [9.17, 15) is 8.78 Å². The summed E-state index contributed by atoms with van der Waals surface area (Å²) in [6, 6.07) is 2.44. The highest BCUT2D eigenvalue weighted by Gasteiger charge is 2.20. The van der Waals surface area contributed by atoms with Crippen LogP contribution in [0.5, 0.6) is 5.75 Å². The Morgan fingerprint density at radius 2 is 1.79 bits per heavy atom. The molecule has 1 saturated heterocycles. The van der Waals surface area contributed by atoms with E-state index in [4.69, 9.17) is 9.47 Å². The molecule has 0 atom stereocenters. The Balaban J connectivity index is 2.12. The van der Waals surface area contributed by atoms with Crippen molar-refractivity contribution in [2.75, 3.05) is 51.4 Å². The van der Waals surface area contributed by atoms with E-state index in [1.54, 1.807) is 4.90 Å². The van der Waals surface area contributed by atoms with Crippen molar-refractivity contribution < 1.29 is 18.3 Å². The van der Waals surface area contributed by atoms with Gasteiger partial charge >= 0.3 is 0 Å². The van der Waals surface area contributed by atoms with E-state index in [1.165, 1.54) is 19.2 Å². The molecule has 1 aromatic carbocycles. The first-order chi connectivity index (χ1) is 9.22. The zero-order valence-electron chi connectivity index (χ0n) is 10.9. The minimum absolute atomic E-state index is 0.0283. The molecule has 106 valence electrons. The molecule has 0 aromatic heterocycles. The van der Waals surface area contributed by atoms with Gasteiger partial charge in [0.15, 0.2) is 11.6 Å². The van der Waals surface area contributed by atoms with E-state index in [1.807, 2.05) is 0 Å². The van der Waals surface area contributed by atoms with Crippen molar-refractivity contribution in [2.24, 2.45) is 0 Å². The third kappa shape index (κ3) is 3.54. The fraction of sp³-hybridized carbons (Fsp3) is 0.538. The highest BCUT2D eigenvalue weighted by Crippen LogP contribution is 2.28. The lowest BCUT2D eigenvalue weighted by atomic mass is 10.2. The maximum Gasteiger partial charge on any atom is 0.153 e. The largest absolute Gasteiger partial charge is 0.491 e. The Kier molecular flexibility index (Phi) is 4.93. The van der Waals surface area contributed by atoms with Crippen molar-refractivity contribution in [3.05, 3.63) is 23.8 Å². The van der Waals surface area contributed by atoms with Crippen molar-refractivity contribution >= 4 is 5.69 Å². The number of halogens is 2. The van der Waals surface area contributed by atoms with Crippen molar-refractivity contribution in [3.63, 3.8) is 0 Å². The average molecular weight is 272 g/mol. The van der Waals surface area contributed by atoms with Gasteiger partial charge in [-0.2, -0.15) is 0 Å². The molecule has 6 heteroatoms. The Morgan fingerprint density at radius 1 is 1.16 bits per heavy atom. The van der Waals surface area contributed by atoms with Crippen molar-refractivity contribution in [3.8, 4) is 5.75 Å². The first-order valence-electron chi connectivity index (χ1n) is 6.29. The van der Waals surface area contributed by atoms with E-state index >= 15 is 0 Å². The zero-order valence-corrected chi connectivity index (χ0v) is 10.9. The lowest BCUT2D eigenvalue weighted by Gasteiger charge is -2.30. The van der Waals surface area contributed by atoms with Gasteiger partial charge in [0.25, 0.3) is 0 Å². The van der Waals surface area contributed by atoms with Crippen LogP contribution in [0, 0.1) is 11.6 Å². The summed E-state index contributed by atoms with van der Waals surface area (Å²) in [5, 5.41) is 3.14. The highest BCUT2D eigenvalue weighted by molar-refractivity contribution is 5.52. The van der Waals surface area contributed by atoms with Gasteiger partial charge in [0.05, 0.1) is 6.61 Å². The fourth-order valence-electron chi connectivity index (χ4n) is 2.06. The standard InChI is InChI=1S/C13H18F2N2O2/c1-18-6-7-19-10-8-11(14)13(12(15)9-10)17-4-2-16-3-5-17/h8-9,16H,2-7H2,1H3. The lowest BCUT2D eigenvalue weighted by Crippen LogP contribution is -2.44. The summed E-state index contributed by atoms with van der Waals surface area (Å²) in [6.07, 6.45) is 0. The molecule has 19 heavy (non-hydrogen) atoms. The lowest BCUT2D eigenvalue weighted by molar-refractivity contribution is 0.146. The van der Waals surface area contributed by atoms with Crippen molar-refractivity contribution in [2.45, 2.75) is 0 Å². The maximum atomic E-state index is 14.0. The summed E-state index contributed by atoms with van der Waals surface area (Å²) in [5.41, 5.74) is 0.0283. The summed E-state index contributed by atoms with van der Waals surface area (Å²) in [5.74, 6) is -0.991. The molecule has 1 fully saturated rings. The number of anilines is 1. The third-order valence-corrected chi connectivity index (χ3v) is 2.98. The number of hydrogen-bond acceptors (Lipinski definition) is 4. The molecule has 2 rings (SSSR count). The normalized spacial score (nSPS) is 15.6. The van der Waals surface area contributed by atoms with Gasteiger partial charge in [-0.25, -0.2) is 8.78 Å². The van der Waals surface area contributed by atoms with Crippen LogP contribution in [0.25, 0.3) is 0 Å². The molecule has 1 aliphatic heterocycles. The third-order valence-electron chi connectivity index (χ3n) is 2.98. The second kappa shape index (κ2) is 6.68. The number of nitrogens with zero attached hydrogens (tertiary/aromatic N) is 1. The Labute approximate surface area is 111 Å². The number of benzene rings is 1. The number of hydrogen-bond donors (Lipinski definition) is 1. The molecule has 4 nitrogen and oxygen atoms in total. The minimum Gasteiger partial charge on any atom is -0.491 e. The van der Waals surface area contributed by atoms with Crippen LogP contribution in [0.3, 0.4) is 0 Å². The van der Waals surface area contributed by atoms with E-state index in [-0.39, 0.29) is 18.0 Å². The zero-order chi connectivity index (χ0) is 13.7. The van der Waals surface area contributed by atoms with Gasteiger partial charge in [-0.1, -0.05) is 0 Å². The van der Waals surface area contributed by atoms with Crippen LogP contribution in [-0.2, 0) is 4.74 Å². The number of methoxy groups -OCH3 is 1. The first-order valence-corrected chi connectivity index (χ1v) is 6.29. The summed E-state index contributed by atoms with van der Waals surface area (Å²) >= 11 is 0. The molecule has 0 amide bonds. The summed E-state index contributed by atoms with van der Waals surface area (Å²) < 4.78 is 38.0. The SMILES string of the molecule is COCCOc1cc(F)c(N2CCNCC2)c(F)c1. The second-order valence-corrected chi connectivity index (χ2v) is 4.31. The van der Waals surface area contributed by atoms with Crippen molar-refractivity contribution in [1.29, 1.82) is 0 Å². The topological polar surface area (TPSA) is 33.7 Å². The van der Waals surface area contributed by atoms with Gasteiger partial charge in [-0.15, -0.1) is 0 Å². The van der Waals surface area contributed by atoms with E-state index < -0.39 is 11.6 Å². The van der Waals surface area contributed by atoms with Gasteiger partial charge in [0, 0.05) is 45.4 Å². The minimum atomic E-state index is -0.589. The molecule has 0 aliphatic carbocycles. The Hall–Kier alpha value is -1.40. The van der Waals surface area contributed by atoms with Gasteiger partial charge < -0.3 is 19.7 Å². The molecule has 1 N–H and O–H groups in total. The molecule has 0 bridgehead atoms. The summed E-state index contributed by atoms with van der Waals surface area (Å²) in [7, 11) is 1.54. The molecule has 0 unspecified atom stereocenters. The molecular weight excluding hydrogens is 254 g/mol. The Bertz CT molecular complexity index is 400. The monoisotopic (exact) mass is 272 g/mol. The quantitative estimate of drug-likeness (QED) is 0.822. The fourth-order valence-corrected chi connectivity index (χ4v) is 2.06. The molecule has 1 aliphatic rings. The predicted molar refractivity (Wildman–Crippen MR) is 68.8 cm³/mol. The predicted octanol–water partition coefficient (Wildman–Crippen LogP) is 1.40. The number of rotatable bonds is 5. The maximum absolute atomic E-state index is 14.0. The summed E-state index contributed by atoms with van der Waals surface area (Å²) in [4.78, 5) is 1.71. The number of piperazine rings is 1. The van der Waals surface area contributed by atoms with Crippen LogP contribution in [-0.4, -0.2) is 46.5 Å². The van der Waals surface area contributed by atoms with Crippen LogP contribution in [0.15, 0.2) is 12.1 Å². The highest BCUT2D eigenvalue weighted by atomic mass is 19.1. The van der Waals surface area contributed by atoms with Crippen LogP contribution < -0.4 is 15.0 Å². The second-order valence-electron chi connectivity index (χ2n) is 4.31. The molecular formula is C13H18F2N2O2. The van der Waals surface area contributed by atoms with Gasteiger partial charge in [-0.05, 0) is 0 Å². The van der Waals surface area contributed by atoms with Crippen molar-refractivity contribution in [1.82, 2.24) is 5.32 Å². The molecule has 1 aromatic rings. The first kappa shape index (κ1) is 14.0. The van der Waals surface area contributed by atoms with E-state index in [2.05, 4.69) is 5.32 Å². The smallest absolute Gasteiger partial charge is 0.153 e. The van der Waals surface area contributed by atoms with Crippen LogP contribution >= 0.6 is 0 Å². The van der Waals surface area contributed by atoms with Crippen LogP contribution in [0.2, 0.25) is 0 Å². The number of nitrogens with one attached hydrogen (secondary N) is 1. The van der Waals surface area contributed by atoms with E-state index in [0.29, 0.717) is 19.7 Å². The van der Waals surface area contributed by atoms with Gasteiger partial charge in [-0.3, -0.25) is 0 Å². The van der Waals surface area contributed by atoms with E-state index in [0.717, 1.165) is 13.1 Å². The van der Waals surface area contributed by atoms with Gasteiger partial charge in [0.1, 0.15) is 18.0 Å².